The number of fused-ring (bicyclic) bond motifs is 1. The number of thiazole rings is 1. The zero-order chi connectivity index (χ0) is 16.4. The Morgan fingerprint density at radius 3 is 2.92 bits per heavy atom. The highest BCUT2D eigenvalue weighted by atomic mass is 32.1. The molecule has 6 heteroatoms. The summed E-state index contributed by atoms with van der Waals surface area (Å²) in [5, 5.41) is 1.20. The molecule has 3 heterocycles. The number of nitrogens with zero attached hydrogens (tertiary/aromatic N) is 3. The Kier molecular flexibility index (Phi) is 4.78. The first-order chi connectivity index (χ1) is 11.8. The molecule has 0 radical (unpaired) electrons. The molecule has 2 aromatic rings. The van der Waals surface area contributed by atoms with E-state index in [9.17, 15) is 4.79 Å². The van der Waals surface area contributed by atoms with Crippen LogP contribution in [0.4, 0.5) is 0 Å². The van der Waals surface area contributed by atoms with E-state index < -0.39 is 0 Å². The van der Waals surface area contributed by atoms with Gasteiger partial charge >= 0.3 is 0 Å². The molecule has 1 aromatic carbocycles. The quantitative estimate of drug-likeness (QED) is 0.855. The standard InChI is InChI=1S/C18H23N3O2S/c22-17(21-10-12-23-13-11-21)7-9-20-8-3-5-15(20)18-19-14-4-1-2-6-16(14)24-18/h1-2,4,6,15H,3,5,7-13H2/t15-/m0/s1. The van der Waals surface area contributed by atoms with Crippen molar-refractivity contribution < 1.29 is 9.53 Å². The highest BCUT2D eigenvalue weighted by Crippen LogP contribution is 2.36. The normalized spacial score (nSPS) is 22.3. The summed E-state index contributed by atoms with van der Waals surface area (Å²) >= 11 is 1.80. The fourth-order valence-corrected chi connectivity index (χ4v) is 4.75. The van der Waals surface area contributed by atoms with Crippen LogP contribution in [-0.4, -0.2) is 60.1 Å². The van der Waals surface area contributed by atoms with E-state index in [2.05, 4.69) is 23.1 Å². The summed E-state index contributed by atoms with van der Waals surface area (Å²) in [6.45, 7) is 4.71. The van der Waals surface area contributed by atoms with E-state index in [1.807, 2.05) is 11.0 Å². The molecule has 2 aliphatic heterocycles. The molecule has 2 saturated heterocycles. The topological polar surface area (TPSA) is 45.7 Å². The fraction of sp³-hybridized carbons (Fsp3) is 0.556. The first-order valence-corrected chi connectivity index (χ1v) is 9.58. The Morgan fingerprint density at radius 2 is 2.08 bits per heavy atom. The molecule has 4 rings (SSSR count). The summed E-state index contributed by atoms with van der Waals surface area (Å²) < 4.78 is 6.57. The van der Waals surface area contributed by atoms with Crippen LogP contribution in [0.5, 0.6) is 0 Å². The minimum absolute atomic E-state index is 0.258. The van der Waals surface area contributed by atoms with Gasteiger partial charge in [0, 0.05) is 26.1 Å². The molecule has 0 saturated carbocycles. The number of hydrogen-bond acceptors (Lipinski definition) is 5. The van der Waals surface area contributed by atoms with E-state index >= 15 is 0 Å². The highest BCUT2D eigenvalue weighted by Gasteiger charge is 2.29. The van der Waals surface area contributed by atoms with E-state index in [1.165, 1.54) is 16.1 Å². The number of morpholine rings is 1. The summed E-state index contributed by atoms with van der Waals surface area (Å²) in [5.41, 5.74) is 1.09. The van der Waals surface area contributed by atoms with Gasteiger partial charge in [0.25, 0.3) is 0 Å². The van der Waals surface area contributed by atoms with Crippen LogP contribution in [0.3, 0.4) is 0 Å². The van der Waals surface area contributed by atoms with Crippen molar-refractivity contribution in [1.29, 1.82) is 0 Å². The minimum Gasteiger partial charge on any atom is -0.378 e. The van der Waals surface area contributed by atoms with Crippen molar-refractivity contribution in [3.05, 3.63) is 29.3 Å². The lowest BCUT2D eigenvalue weighted by atomic mass is 10.2. The molecule has 128 valence electrons. The van der Waals surface area contributed by atoms with Crippen molar-refractivity contribution >= 4 is 27.5 Å². The Balaban J connectivity index is 1.40. The lowest BCUT2D eigenvalue weighted by Crippen LogP contribution is -2.42. The first kappa shape index (κ1) is 16.0. The van der Waals surface area contributed by atoms with Crippen molar-refractivity contribution in [2.45, 2.75) is 25.3 Å². The molecule has 1 aromatic heterocycles. The second-order valence-corrected chi connectivity index (χ2v) is 7.52. The maximum absolute atomic E-state index is 12.4. The van der Waals surface area contributed by atoms with Gasteiger partial charge in [-0.05, 0) is 31.5 Å². The number of likely N-dealkylation sites (tertiary alicyclic amines) is 1. The average molecular weight is 345 g/mol. The predicted molar refractivity (Wildman–Crippen MR) is 95.2 cm³/mol. The van der Waals surface area contributed by atoms with Gasteiger partial charge in [0.05, 0.1) is 29.5 Å². The third kappa shape index (κ3) is 3.31. The smallest absolute Gasteiger partial charge is 0.224 e. The van der Waals surface area contributed by atoms with Crippen LogP contribution in [0.15, 0.2) is 24.3 Å². The number of amides is 1. The Bertz CT molecular complexity index is 678. The Hall–Kier alpha value is -1.50. The van der Waals surface area contributed by atoms with Gasteiger partial charge in [0.15, 0.2) is 0 Å². The van der Waals surface area contributed by atoms with Crippen LogP contribution in [-0.2, 0) is 9.53 Å². The zero-order valence-corrected chi connectivity index (χ0v) is 14.6. The summed E-state index contributed by atoms with van der Waals surface area (Å²) in [6, 6.07) is 8.70. The maximum atomic E-state index is 12.4. The molecule has 2 fully saturated rings. The number of hydrogen-bond donors (Lipinski definition) is 0. The van der Waals surface area contributed by atoms with Crippen LogP contribution in [0.2, 0.25) is 0 Å². The van der Waals surface area contributed by atoms with Crippen molar-refractivity contribution in [1.82, 2.24) is 14.8 Å². The van der Waals surface area contributed by atoms with Crippen LogP contribution >= 0.6 is 11.3 Å². The molecule has 2 aliphatic rings. The van der Waals surface area contributed by atoms with Gasteiger partial charge in [-0.1, -0.05) is 12.1 Å². The molecule has 1 atom stereocenters. The number of rotatable bonds is 4. The molecule has 5 nitrogen and oxygen atoms in total. The molecule has 0 unspecified atom stereocenters. The number of benzene rings is 1. The first-order valence-electron chi connectivity index (χ1n) is 8.76. The van der Waals surface area contributed by atoms with Gasteiger partial charge in [0.1, 0.15) is 5.01 Å². The average Bonchev–Trinajstić information content (AvgIpc) is 3.26. The van der Waals surface area contributed by atoms with Crippen LogP contribution < -0.4 is 0 Å². The zero-order valence-electron chi connectivity index (χ0n) is 13.8. The number of aromatic nitrogens is 1. The number of carbonyl (C=O) groups is 1. The lowest BCUT2D eigenvalue weighted by molar-refractivity contribution is -0.135. The summed E-state index contributed by atoms with van der Waals surface area (Å²) in [6.07, 6.45) is 2.93. The van der Waals surface area contributed by atoms with Gasteiger partial charge in [-0.3, -0.25) is 9.69 Å². The molecular weight excluding hydrogens is 322 g/mol. The van der Waals surface area contributed by atoms with E-state index in [1.54, 1.807) is 11.3 Å². The SMILES string of the molecule is O=C(CCN1CCC[C@H]1c1nc2ccccc2s1)N1CCOCC1. The van der Waals surface area contributed by atoms with Crippen molar-refractivity contribution in [3.63, 3.8) is 0 Å². The molecule has 0 N–H and O–H groups in total. The van der Waals surface area contributed by atoms with Crippen LogP contribution in [0.1, 0.15) is 30.3 Å². The number of ether oxygens (including phenoxy) is 1. The molecule has 0 aliphatic carbocycles. The van der Waals surface area contributed by atoms with E-state index in [4.69, 9.17) is 9.72 Å². The Labute approximate surface area is 146 Å². The lowest BCUT2D eigenvalue weighted by Gasteiger charge is -2.28. The van der Waals surface area contributed by atoms with Crippen molar-refractivity contribution in [3.8, 4) is 0 Å². The monoisotopic (exact) mass is 345 g/mol. The fourth-order valence-electron chi connectivity index (χ4n) is 3.62. The van der Waals surface area contributed by atoms with Gasteiger partial charge in [-0.25, -0.2) is 4.98 Å². The van der Waals surface area contributed by atoms with Gasteiger partial charge in [0.2, 0.25) is 5.91 Å². The second-order valence-electron chi connectivity index (χ2n) is 6.46. The molecule has 1 amide bonds. The number of carbonyl (C=O) groups excluding carboxylic acids is 1. The summed E-state index contributed by atoms with van der Waals surface area (Å²) in [7, 11) is 0. The molecular formula is C18H23N3O2S. The molecule has 24 heavy (non-hydrogen) atoms. The Morgan fingerprint density at radius 1 is 1.25 bits per heavy atom. The van der Waals surface area contributed by atoms with Gasteiger partial charge in [-0.2, -0.15) is 0 Å². The van der Waals surface area contributed by atoms with E-state index in [0.717, 1.165) is 38.1 Å². The van der Waals surface area contributed by atoms with Gasteiger partial charge < -0.3 is 9.64 Å². The largest absolute Gasteiger partial charge is 0.378 e. The predicted octanol–water partition coefficient (Wildman–Crippen LogP) is 2.68. The van der Waals surface area contributed by atoms with E-state index in [0.29, 0.717) is 25.7 Å². The van der Waals surface area contributed by atoms with E-state index in [-0.39, 0.29) is 5.91 Å². The summed E-state index contributed by atoms with van der Waals surface area (Å²) in [5.74, 6) is 0.258. The summed E-state index contributed by atoms with van der Waals surface area (Å²) in [4.78, 5) is 21.6. The van der Waals surface area contributed by atoms with Crippen LogP contribution in [0, 0.1) is 0 Å². The minimum atomic E-state index is 0.258. The third-order valence-corrected chi connectivity index (χ3v) is 6.07. The maximum Gasteiger partial charge on any atom is 0.224 e. The number of para-hydroxylation sites is 1. The highest BCUT2D eigenvalue weighted by molar-refractivity contribution is 7.18. The van der Waals surface area contributed by atoms with Gasteiger partial charge in [-0.15, -0.1) is 11.3 Å². The van der Waals surface area contributed by atoms with Crippen molar-refractivity contribution in [2.24, 2.45) is 0 Å². The van der Waals surface area contributed by atoms with Crippen LogP contribution in [0.25, 0.3) is 10.2 Å². The van der Waals surface area contributed by atoms with Crippen molar-refractivity contribution in [2.75, 3.05) is 39.4 Å². The molecule has 0 spiro atoms. The third-order valence-electron chi connectivity index (χ3n) is 4.94. The second kappa shape index (κ2) is 7.17. The molecule has 0 bridgehead atoms.